The van der Waals surface area contributed by atoms with Crippen LogP contribution in [0.15, 0.2) is 48.5 Å². The van der Waals surface area contributed by atoms with Crippen molar-refractivity contribution in [1.82, 2.24) is 4.90 Å². The van der Waals surface area contributed by atoms with E-state index in [1.807, 2.05) is 35.2 Å². The van der Waals surface area contributed by atoms with E-state index in [9.17, 15) is 9.18 Å². The summed E-state index contributed by atoms with van der Waals surface area (Å²) in [5, 5.41) is 0.729. The van der Waals surface area contributed by atoms with Gasteiger partial charge in [-0.25, -0.2) is 4.39 Å². The van der Waals surface area contributed by atoms with Gasteiger partial charge in [0.05, 0.1) is 6.04 Å². The Bertz CT molecular complexity index is 834. The largest absolute Gasteiger partial charge is 0.368 e. The minimum Gasteiger partial charge on any atom is -0.368 e. The Morgan fingerprint density at radius 3 is 2.50 bits per heavy atom. The topological polar surface area (TPSA) is 28.0 Å². The number of carbonyl (C=O) groups is 1. The summed E-state index contributed by atoms with van der Waals surface area (Å²) in [5.74, 6) is -0.00721. The smallest absolute Gasteiger partial charge is 0.277 e. The Hall–Kier alpha value is -2.11. The van der Waals surface area contributed by atoms with Crippen molar-refractivity contribution in [2.75, 3.05) is 37.6 Å². The van der Waals surface area contributed by atoms with Crippen molar-refractivity contribution in [3.8, 4) is 0 Å². The second kappa shape index (κ2) is 8.50. The maximum atomic E-state index is 14.0. The molecule has 2 aromatic carbocycles. The van der Waals surface area contributed by atoms with E-state index in [-0.39, 0.29) is 11.7 Å². The summed E-state index contributed by atoms with van der Waals surface area (Å²) >= 11 is 6.09. The standard InChI is InChI=1S/C22H25ClFN3O/c23-18-5-3-6-20(14-18)25-10-12-26(13-11-25)22(28)16-27(19-8-9-19)15-17-4-1-2-7-21(17)24/h1-7,14,19H,8-13,15-16H2/p+1. The third-order valence-electron chi connectivity index (χ3n) is 5.71. The summed E-state index contributed by atoms with van der Waals surface area (Å²) in [7, 11) is 0. The number of nitrogens with one attached hydrogen (secondary N) is 1. The molecule has 1 aliphatic heterocycles. The van der Waals surface area contributed by atoms with Gasteiger partial charge in [0.2, 0.25) is 0 Å². The Balaban J connectivity index is 1.33. The quantitative estimate of drug-likeness (QED) is 0.803. The van der Waals surface area contributed by atoms with Crippen molar-refractivity contribution in [3.63, 3.8) is 0 Å². The number of hydrogen-bond acceptors (Lipinski definition) is 2. The van der Waals surface area contributed by atoms with Crippen LogP contribution < -0.4 is 9.80 Å². The molecule has 2 aliphatic rings. The highest BCUT2D eigenvalue weighted by Gasteiger charge is 2.36. The van der Waals surface area contributed by atoms with Gasteiger partial charge < -0.3 is 14.7 Å². The van der Waals surface area contributed by atoms with E-state index in [4.69, 9.17) is 11.6 Å². The molecule has 1 unspecified atom stereocenters. The van der Waals surface area contributed by atoms with Gasteiger partial charge in [0.25, 0.3) is 5.91 Å². The summed E-state index contributed by atoms with van der Waals surface area (Å²) in [6, 6.07) is 15.2. The predicted octanol–water partition coefficient (Wildman–Crippen LogP) is 2.38. The van der Waals surface area contributed by atoms with E-state index in [0.717, 1.165) is 36.6 Å². The number of carbonyl (C=O) groups excluding carboxylic acids is 1. The molecular weight excluding hydrogens is 377 g/mol. The fraction of sp³-hybridized carbons (Fsp3) is 0.409. The molecule has 1 heterocycles. The minimum atomic E-state index is -0.178. The molecule has 1 amide bonds. The van der Waals surface area contributed by atoms with Crippen LogP contribution in [-0.4, -0.2) is 49.6 Å². The molecular formula is C22H26ClFN3O+. The lowest BCUT2D eigenvalue weighted by Gasteiger charge is -2.36. The average Bonchev–Trinajstić information content (AvgIpc) is 3.54. The average molecular weight is 403 g/mol. The molecule has 4 nitrogen and oxygen atoms in total. The maximum Gasteiger partial charge on any atom is 0.277 e. The zero-order valence-corrected chi connectivity index (χ0v) is 16.7. The molecule has 2 fully saturated rings. The van der Waals surface area contributed by atoms with Crippen LogP contribution >= 0.6 is 11.6 Å². The monoisotopic (exact) mass is 402 g/mol. The highest BCUT2D eigenvalue weighted by Crippen LogP contribution is 2.21. The van der Waals surface area contributed by atoms with Crippen molar-refractivity contribution in [3.05, 3.63) is 64.9 Å². The highest BCUT2D eigenvalue weighted by molar-refractivity contribution is 6.30. The van der Waals surface area contributed by atoms with Crippen LogP contribution in [0.4, 0.5) is 10.1 Å². The molecule has 0 radical (unpaired) electrons. The molecule has 148 valence electrons. The van der Waals surface area contributed by atoms with Gasteiger partial charge >= 0.3 is 0 Å². The Labute approximate surface area is 170 Å². The molecule has 0 aromatic heterocycles. The van der Waals surface area contributed by atoms with Crippen LogP contribution in [0.3, 0.4) is 0 Å². The van der Waals surface area contributed by atoms with E-state index in [1.54, 1.807) is 6.07 Å². The molecule has 1 saturated carbocycles. The lowest BCUT2D eigenvalue weighted by atomic mass is 10.2. The van der Waals surface area contributed by atoms with Gasteiger partial charge in [-0.05, 0) is 24.3 Å². The summed E-state index contributed by atoms with van der Waals surface area (Å²) in [6.45, 7) is 4.05. The Morgan fingerprint density at radius 2 is 1.82 bits per heavy atom. The molecule has 1 atom stereocenters. The first-order valence-corrected chi connectivity index (χ1v) is 10.3. The number of quaternary nitrogens is 1. The third-order valence-corrected chi connectivity index (χ3v) is 5.95. The van der Waals surface area contributed by atoms with E-state index in [0.29, 0.717) is 37.8 Å². The molecule has 1 N–H and O–H groups in total. The van der Waals surface area contributed by atoms with Crippen LogP contribution in [0.1, 0.15) is 18.4 Å². The molecule has 1 saturated heterocycles. The van der Waals surface area contributed by atoms with Crippen LogP contribution in [0.2, 0.25) is 5.02 Å². The van der Waals surface area contributed by atoms with E-state index < -0.39 is 0 Å². The predicted molar refractivity (Wildman–Crippen MR) is 109 cm³/mol. The number of piperazine rings is 1. The van der Waals surface area contributed by atoms with E-state index in [1.165, 1.54) is 11.0 Å². The van der Waals surface area contributed by atoms with Gasteiger partial charge in [0.1, 0.15) is 12.4 Å². The van der Waals surface area contributed by atoms with Gasteiger partial charge in [-0.3, -0.25) is 4.79 Å². The molecule has 28 heavy (non-hydrogen) atoms. The zero-order valence-electron chi connectivity index (χ0n) is 15.9. The maximum absolute atomic E-state index is 14.0. The lowest BCUT2D eigenvalue weighted by Crippen LogP contribution is -3.13. The second-order valence-corrected chi connectivity index (χ2v) is 8.16. The Kier molecular flexibility index (Phi) is 5.83. The first-order chi connectivity index (χ1) is 13.6. The number of hydrogen-bond donors (Lipinski definition) is 1. The van der Waals surface area contributed by atoms with Crippen molar-refractivity contribution in [2.45, 2.75) is 25.4 Å². The van der Waals surface area contributed by atoms with Crippen LogP contribution in [0.5, 0.6) is 0 Å². The molecule has 0 spiro atoms. The first kappa shape index (κ1) is 19.2. The fourth-order valence-corrected chi connectivity index (χ4v) is 4.11. The molecule has 1 aliphatic carbocycles. The lowest BCUT2D eigenvalue weighted by molar-refractivity contribution is -0.917. The zero-order chi connectivity index (χ0) is 19.5. The van der Waals surface area contributed by atoms with Gasteiger partial charge in [0.15, 0.2) is 6.54 Å². The third kappa shape index (κ3) is 4.65. The van der Waals surface area contributed by atoms with Gasteiger partial charge in [0, 0.05) is 55.3 Å². The van der Waals surface area contributed by atoms with Gasteiger partial charge in [-0.15, -0.1) is 0 Å². The van der Waals surface area contributed by atoms with Crippen LogP contribution in [0, 0.1) is 5.82 Å². The first-order valence-electron chi connectivity index (χ1n) is 9.96. The number of rotatable bonds is 6. The van der Waals surface area contributed by atoms with Crippen molar-refractivity contribution in [2.24, 2.45) is 0 Å². The van der Waals surface area contributed by atoms with Crippen LogP contribution in [-0.2, 0) is 11.3 Å². The molecule has 4 rings (SSSR count). The fourth-order valence-electron chi connectivity index (χ4n) is 3.92. The molecule has 6 heteroatoms. The number of halogens is 2. The minimum absolute atomic E-state index is 0.170. The molecule has 0 bridgehead atoms. The second-order valence-electron chi connectivity index (χ2n) is 7.73. The Morgan fingerprint density at radius 1 is 1.07 bits per heavy atom. The van der Waals surface area contributed by atoms with Gasteiger partial charge in [-0.2, -0.15) is 0 Å². The number of nitrogens with zero attached hydrogens (tertiary/aromatic N) is 2. The SMILES string of the molecule is O=C(C[NH+](Cc1ccccc1F)C1CC1)N1CCN(c2cccc(Cl)c2)CC1. The highest BCUT2D eigenvalue weighted by atomic mass is 35.5. The number of anilines is 1. The summed E-state index contributed by atoms with van der Waals surface area (Å²) in [5.41, 5.74) is 1.80. The van der Waals surface area contributed by atoms with E-state index in [2.05, 4.69) is 11.0 Å². The van der Waals surface area contributed by atoms with Gasteiger partial charge in [-0.1, -0.05) is 35.9 Å². The number of benzene rings is 2. The number of amides is 1. The summed E-state index contributed by atoms with van der Waals surface area (Å²) in [4.78, 5) is 18.3. The normalized spacial score (nSPS) is 18.2. The van der Waals surface area contributed by atoms with E-state index >= 15 is 0 Å². The summed E-state index contributed by atoms with van der Waals surface area (Å²) < 4.78 is 14.0. The van der Waals surface area contributed by atoms with Crippen molar-refractivity contribution < 1.29 is 14.1 Å². The molecule has 2 aromatic rings. The van der Waals surface area contributed by atoms with Crippen LogP contribution in [0.25, 0.3) is 0 Å². The summed E-state index contributed by atoms with van der Waals surface area (Å²) in [6.07, 6.45) is 2.25. The van der Waals surface area contributed by atoms with Crippen molar-refractivity contribution in [1.29, 1.82) is 0 Å². The van der Waals surface area contributed by atoms with Crippen molar-refractivity contribution >= 4 is 23.2 Å².